The first-order chi connectivity index (χ1) is 12.6. The zero-order valence-electron chi connectivity index (χ0n) is 15.3. The second-order valence-corrected chi connectivity index (χ2v) is 6.04. The van der Waals surface area contributed by atoms with Crippen molar-refractivity contribution in [3.8, 4) is 5.75 Å². The number of aryl methyl sites for hydroxylation is 1. The van der Waals surface area contributed by atoms with E-state index in [4.69, 9.17) is 9.47 Å². The zero-order chi connectivity index (χ0) is 18.8. The number of anilines is 1. The molecule has 0 aliphatic rings. The molecule has 0 unspecified atom stereocenters. The number of benzene rings is 2. The summed E-state index contributed by atoms with van der Waals surface area (Å²) in [5.41, 5.74) is 2.71. The maximum absolute atomic E-state index is 11.9. The maximum Gasteiger partial charge on any atom is 0.310 e. The minimum absolute atomic E-state index is 0.0939. The summed E-state index contributed by atoms with van der Waals surface area (Å²) < 4.78 is 10.2. The maximum atomic E-state index is 11.9. The fraction of sp³-hybridized carbons (Fsp3) is 0.333. The molecule has 0 fully saturated rings. The van der Waals surface area contributed by atoms with Gasteiger partial charge in [0.2, 0.25) is 0 Å². The number of carbonyl (C=O) groups is 2. The van der Waals surface area contributed by atoms with E-state index in [-0.39, 0.29) is 18.9 Å². The van der Waals surface area contributed by atoms with Crippen LogP contribution >= 0.6 is 0 Å². The molecule has 0 radical (unpaired) electrons. The van der Waals surface area contributed by atoms with Crippen molar-refractivity contribution >= 4 is 17.6 Å². The Morgan fingerprint density at radius 1 is 1.04 bits per heavy atom. The Morgan fingerprint density at radius 2 is 1.81 bits per heavy atom. The van der Waals surface area contributed by atoms with Gasteiger partial charge in [-0.15, -0.1) is 0 Å². The van der Waals surface area contributed by atoms with Crippen LogP contribution in [-0.4, -0.2) is 25.6 Å². The van der Waals surface area contributed by atoms with Crippen LogP contribution in [0, 0.1) is 0 Å². The summed E-state index contributed by atoms with van der Waals surface area (Å²) in [6.07, 6.45) is 3.43. The number of esters is 1. The predicted octanol–water partition coefficient (Wildman–Crippen LogP) is 3.76. The highest BCUT2D eigenvalue weighted by molar-refractivity contribution is 5.92. The zero-order valence-corrected chi connectivity index (χ0v) is 15.3. The van der Waals surface area contributed by atoms with Crippen LogP contribution in [0.25, 0.3) is 0 Å². The lowest BCUT2D eigenvalue weighted by atomic mass is 10.1. The van der Waals surface area contributed by atoms with Crippen molar-refractivity contribution in [3.05, 3.63) is 59.7 Å². The Hall–Kier alpha value is -2.82. The van der Waals surface area contributed by atoms with Crippen molar-refractivity contribution in [1.29, 1.82) is 0 Å². The third-order valence-corrected chi connectivity index (χ3v) is 3.90. The van der Waals surface area contributed by atoms with Gasteiger partial charge in [-0.3, -0.25) is 9.59 Å². The summed E-state index contributed by atoms with van der Waals surface area (Å²) in [6, 6.07) is 14.9. The third kappa shape index (κ3) is 6.59. The number of nitrogens with one attached hydrogen (secondary N) is 1. The second kappa shape index (κ2) is 10.2. The van der Waals surface area contributed by atoms with Gasteiger partial charge in [-0.25, -0.2) is 0 Å². The number of unbranched alkanes of at least 4 members (excludes halogenated alkanes) is 1. The molecule has 5 heteroatoms. The summed E-state index contributed by atoms with van der Waals surface area (Å²) in [5, 5.41) is 2.73. The van der Waals surface area contributed by atoms with Crippen molar-refractivity contribution in [2.45, 2.75) is 32.6 Å². The van der Waals surface area contributed by atoms with Gasteiger partial charge in [0, 0.05) is 5.69 Å². The standard InChI is InChI=1S/C21H25NO4/c1-3-4-6-16-9-11-18(12-10-16)22-20(23)15-26-21(24)14-17-7-5-8-19(13-17)25-2/h5,7-13H,3-4,6,14-15H2,1-2H3,(H,22,23). The Bertz CT molecular complexity index is 725. The third-order valence-electron chi connectivity index (χ3n) is 3.90. The minimum atomic E-state index is -0.455. The number of hydrogen-bond donors (Lipinski definition) is 1. The van der Waals surface area contributed by atoms with E-state index in [0.29, 0.717) is 11.4 Å². The molecule has 1 amide bonds. The summed E-state index contributed by atoms with van der Waals surface area (Å²) >= 11 is 0. The molecule has 2 aromatic carbocycles. The van der Waals surface area contributed by atoms with E-state index >= 15 is 0 Å². The van der Waals surface area contributed by atoms with Gasteiger partial charge in [0.05, 0.1) is 13.5 Å². The Labute approximate surface area is 154 Å². The summed E-state index contributed by atoms with van der Waals surface area (Å²) in [6.45, 7) is 1.85. The van der Waals surface area contributed by atoms with Crippen molar-refractivity contribution in [2.75, 3.05) is 19.0 Å². The molecule has 0 atom stereocenters. The number of rotatable bonds is 9. The molecule has 0 bridgehead atoms. The number of methoxy groups -OCH3 is 1. The largest absolute Gasteiger partial charge is 0.497 e. The molecule has 2 rings (SSSR count). The molecule has 0 aliphatic carbocycles. The van der Waals surface area contributed by atoms with Crippen LogP contribution < -0.4 is 10.1 Å². The molecule has 26 heavy (non-hydrogen) atoms. The van der Waals surface area contributed by atoms with Crippen molar-refractivity contribution in [1.82, 2.24) is 0 Å². The highest BCUT2D eigenvalue weighted by Gasteiger charge is 2.09. The highest BCUT2D eigenvalue weighted by Crippen LogP contribution is 2.14. The molecule has 0 aliphatic heterocycles. The monoisotopic (exact) mass is 355 g/mol. The number of ether oxygens (including phenoxy) is 2. The molecular formula is C21H25NO4. The van der Waals surface area contributed by atoms with E-state index in [1.807, 2.05) is 30.3 Å². The van der Waals surface area contributed by atoms with E-state index in [1.165, 1.54) is 5.56 Å². The Balaban J connectivity index is 1.76. The quantitative estimate of drug-likeness (QED) is 0.696. The van der Waals surface area contributed by atoms with Crippen molar-refractivity contribution in [2.24, 2.45) is 0 Å². The van der Waals surface area contributed by atoms with Gasteiger partial charge in [-0.1, -0.05) is 37.6 Å². The minimum Gasteiger partial charge on any atom is -0.497 e. The highest BCUT2D eigenvalue weighted by atomic mass is 16.5. The molecule has 0 aromatic heterocycles. The molecule has 1 N–H and O–H groups in total. The lowest BCUT2D eigenvalue weighted by molar-refractivity contribution is -0.146. The average Bonchev–Trinajstić information content (AvgIpc) is 2.66. The van der Waals surface area contributed by atoms with E-state index in [1.54, 1.807) is 25.3 Å². The Morgan fingerprint density at radius 3 is 2.50 bits per heavy atom. The lowest BCUT2D eigenvalue weighted by Crippen LogP contribution is -2.21. The molecule has 2 aromatic rings. The summed E-state index contributed by atoms with van der Waals surface area (Å²) in [7, 11) is 1.57. The van der Waals surface area contributed by atoms with E-state index in [0.717, 1.165) is 24.8 Å². The molecule has 0 heterocycles. The first-order valence-corrected chi connectivity index (χ1v) is 8.78. The summed E-state index contributed by atoms with van der Waals surface area (Å²) in [4.78, 5) is 23.8. The molecule has 0 spiro atoms. The smallest absolute Gasteiger partial charge is 0.310 e. The Kier molecular flexibility index (Phi) is 7.68. The normalized spacial score (nSPS) is 10.2. The molecule has 138 valence electrons. The van der Waals surface area contributed by atoms with Gasteiger partial charge in [-0.2, -0.15) is 0 Å². The van der Waals surface area contributed by atoms with Crippen LogP contribution in [0.1, 0.15) is 30.9 Å². The summed E-state index contributed by atoms with van der Waals surface area (Å²) in [5.74, 6) is -0.135. The first kappa shape index (κ1) is 19.5. The van der Waals surface area contributed by atoms with E-state index in [2.05, 4.69) is 12.2 Å². The van der Waals surface area contributed by atoms with Gasteiger partial charge in [0.1, 0.15) is 5.75 Å². The molecule has 0 saturated carbocycles. The number of carbonyl (C=O) groups excluding carboxylic acids is 2. The van der Waals surface area contributed by atoms with Gasteiger partial charge in [-0.05, 0) is 48.2 Å². The van der Waals surface area contributed by atoms with Gasteiger partial charge < -0.3 is 14.8 Å². The topological polar surface area (TPSA) is 64.6 Å². The number of hydrogen-bond acceptors (Lipinski definition) is 4. The molecule has 5 nitrogen and oxygen atoms in total. The lowest BCUT2D eigenvalue weighted by Gasteiger charge is -2.08. The number of amides is 1. The van der Waals surface area contributed by atoms with Crippen LogP contribution in [0.15, 0.2) is 48.5 Å². The molecule has 0 saturated heterocycles. The van der Waals surface area contributed by atoms with Crippen LogP contribution in [0.4, 0.5) is 5.69 Å². The predicted molar refractivity (Wildman–Crippen MR) is 101 cm³/mol. The van der Waals surface area contributed by atoms with Gasteiger partial charge in [0.15, 0.2) is 6.61 Å². The van der Waals surface area contributed by atoms with Crippen LogP contribution in [-0.2, 0) is 27.2 Å². The fourth-order valence-electron chi connectivity index (χ4n) is 2.48. The van der Waals surface area contributed by atoms with Crippen LogP contribution in [0.5, 0.6) is 5.75 Å². The van der Waals surface area contributed by atoms with E-state index in [9.17, 15) is 9.59 Å². The van der Waals surface area contributed by atoms with Crippen molar-refractivity contribution < 1.29 is 19.1 Å². The first-order valence-electron chi connectivity index (χ1n) is 8.78. The SMILES string of the molecule is CCCCc1ccc(NC(=O)COC(=O)Cc2cccc(OC)c2)cc1. The average molecular weight is 355 g/mol. The van der Waals surface area contributed by atoms with Crippen molar-refractivity contribution in [3.63, 3.8) is 0 Å². The van der Waals surface area contributed by atoms with E-state index < -0.39 is 5.97 Å². The van der Waals surface area contributed by atoms with Gasteiger partial charge >= 0.3 is 5.97 Å². The second-order valence-electron chi connectivity index (χ2n) is 6.04. The van der Waals surface area contributed by atoms with Crippen LogP contribution in [0.3, 0.4) is 0 Å². The van der Waals surface area contributed by atoms with Crippen LogP contribution in [0.2, 0.25) is 0 Å². The fourth-order valence-corrected chi connectivity index (χ4v) is 2.48. The van der Waals surface area contributed by atoms with Gasteiger partial charge in [0.25, 0.3) is 5.91 Å². The molecular weight excluding hydrogens is 330 g/mol.